The SMILES string of the molecule is COc1cc(/C=C(\C#N)C(=O)Nc2ccc(OCc3ccccc3)cc2)cc(Br)c1OCc1cccc(C)c1. The first-order valence-electron chi connectivity index (χ1n) is 12.2. The fourth-order valence-corrected chi connectivity index (χ4v) is 4.38. The second-order valence-electron chi connectivity index (χ2n) is 8.73. The zero-order valence-electron chi connectivity index (χ0n) is 21.6. The number of anilines is 1. The number of benzene rings is 4. The monoisotopic (exact) mass is 582 g/mol. The second-order valence-corrected chi connectivity index (χ2v) is 9.59. The lowest BCUT2D eigenvalue weighted by molar-refractivity contribution is -0.112. The maximum Gasteiger partial charge on any atom is 0.266 e. The average Bonchev–Trinajstić information content (AvgIpc) is 2.95. The van der Waals surface area contributed by atoms with Crippen molar-refractivity contribution >= 4 is 33.6 Å². The zero-order valence-corrected chi connectivity index (χ0v) is 23.2. The molecule has 196 valence electrons. The lowest BCUT2D eigenvalue weighted by Gasteiger charge is -2.14. The first-order chi connectivity index (χ1) is 18.9. The van der Waals surface area contributed by atoms with E-state index in [-0.39, 0.29) is 5.57 Å². The third-order valence-electron chi connectivity index (χ3n) is 5.75. The summed E-state index contributed by atoms with van der Waals surface area (Å²) in [4.78, 5) is 12.8. The summed E-state index contributed by atoms with van der Waals surface area (Å²) in [6.45, 7) is 2.84. The van der Waals surface area contributed by atoms with Crippen LogP contribution in [0.25, 0.3) is 6.08 Å². The Morgan fingerprint density at radius 3 is 2.33 bits per heavy atom. The molecule has 0 saturated carbocycles. The fourth-order valence-electron chi connectivity index (χ4n) is 3.81. The first kappa shape index (κ1) is 27.5. The van der Waals surface area contributed by atoms with Gasteiger partial charge in [-0.05, 0) is 82.0 Å². The Hall–Kier alpha value is -4.54. The van der Waals surface area contributed by atoms with E-state index in [0.717, 1.165) is 16.7 Å². The van der Waals surface area contributed by atoms with Gasteiger partial charge in [0, 0.05) is 5.69 Å². The molecule has 0 unspecified atom stereocenters. The van der Waals surface area contributed by atoms with Crippen molar-refractivity contribution in [3.63, 3.8) is 0 Å². The summed E-state index contributed by atoms with van der Waals surface area (Å²) in [6.07, 6.45) is 1.50. The summed E-state index contributed by atoms with van der Waals surface area (Å²) in [5.74, 6) is 1.17. The number of methoxy groups -OCH3 is 1. The third kappa shape index (κ3) is 7.73. The predicted octanol–water partition coefficient (Wildman–Crippen LogP) is 7.47. The molecule has 0 radical (unpaired) electrons. The van der Waals surface area contributed by atoms with Crippen molar-refractivity contribution in [2.45, 2.75) is 20.1 Å². The van der Waals surface area contributed by atoms with Crippen LogP contribution in [0, 0.1) is 18.3 Å². The minimum absolute atomic E-state index is 0.0539. The van der Waals surface area contributed by atoms with Gasteiger partial charge in [0.25, 0.3) is 5.91 Å². The molecule has 0 aliphatic carbocycles. The number of hydrogen-bond donors (Lipinski definition) is 1. The summed E-state index contributed by atoms with van der Waals surface area (Å²) in [5, 5.41) is 12.4. The van der Waals surface area contributed by atoms with Crippen LogP contribution in [0.1, 0.15) is 22.3 Å². The van der Waals surface area contributed by atoms with E-state index in [1.165, 1.54) is 6.08 Å². The molecular formula is C32H27BrN2O4. The van der Waals surface area contributed by atoms with Gasteiger partial charge in [-0.3, -0.25) is 4.79 Å². The summed E-state index contributed by atoms with van der Waals surface area (Å²) in [5.41, 5.74) is 4.35. The van der Waals surface area contributed by atoms with Crippen LogP contribution in [0.3, 0.4) is 0 Å². The highest BCUT2D eigenvalue weighted by Crippen LogP contribution is 2.38. The van der Waals surface area contributed by atoms with E-state index in [2.05, 4.69) is 27.3 Å². The van der Waals surface area contributed by atoms with Crippen molar-refractivity contribution in [2.24, 2.45) is 0 Å². The molecule has 0 aliphatic heterocycles. The van der Waals surface area contributed by atoms with Crippen molar-refractivity contribution in [1.29, 1.82) is 5.26 Å². The smallest absolute Gasteiger partial charge is 0.266 e. The summed E-state index contributed by atoms with van der Waals surface area (Å²) >= 11 is 3.53. The minimum Gasteiger partial charge on any atom is -0.493 e. The van der Waals surface area contributed by atoms with Gasteiger partial charge >= 0.3 is 0 Å². The number of carbonyl (C=O) groups excluding carboxylic acids is 1. The van der Waals surface area contributed by atoms with E-state index in [0.29, 0.717) is 46.2 Å². The molecule has 4 aromatic carbocycles. The molecule has 6 nitrogen and oxygen atoms in total. The molecule has 0 aliphatic rings. The Morgan fingerprint density at radius 2 is 1.64 bits per heavy atom. The number of rotatable bonds is 10. The highest BCUT2D eigenvalue weighted by atomic mass is 79.9. The molecule has 0 atom stereocenters. The number of hydrogen-bond acceptors (Lipinski definition) is 5. The van der Waals surface area contributed by atoms with Crippen LogP contribution in [-0.4, -0.2) is 13.0 Å². The Morgan fingerprint density at radius 1 is 0.923 bits per heavy atom. The maximum absolute atomic E-state index is 12.8. The molecule has 4 rings (SSSR count). The highest BCUT2D eigenvalue weighted by Gasteiger charge is 2.14. The van der Waals surface area contributed by atoms with E-state index < -0.39 is 5.91 Å². The second kappa shape index (κ2) is 13.3. The molecule has 0 heterocycles. The van der Waals surface area contributed by atoms with Gasteiger partial charge in [0.2, 0.25) is 0 Å². The molecular weight excluding hydrogens is 556 g/mol. The highest BCUT2D eigenvalue weighted by molar-refractivity contribution is 9.10. The molecule has 7 heteroatoms. The van der Waals surface area contributed by atoms with Gasteiger partial charge in [-0.2, -0.15) is 5.26 Å². The lowest BCUT2D eigenvalue weighted by Crippen LogP contribution is -2.13. The largest absolute Gasteiger partial charge is 0.493 e. The number of carbonyl (C=O) groups is 1. The van der Waals surface area contributed by atoms with Crippen molar-refractivity contribution < 1.29 is 19.0 Å². The standard InChI is InChI=1S/C32H27BrN2O4/c1-22-7-6-10-24(15-22)21-39-31-29(33)17-25(18-30(31)37-2)16-26(19-34)32(36)35-27-11-13-28(14-12-27)38-20-23-8-4-3-5-9-23/h3-18H,20-21H2,1-2H3,(H,35,36)/b26-16+. The fraction of sp³-hybridized carbons (Fsp3) is 0.125. The number of aryl methyl sites for hydroxylation is 1. The first-order valence-corrected chi connectivity index (χ1v) is 13.0. The molecule has 39 heavy (non-hydrogen) atoms. The van der Waals surface area contributed by atoms with Gasteiger partial charge < -0.3 is 19.5 Å². The van der Waals surface area contributed by atoms with E-state index in [4.69, 9.17) is 14.2 Å². The zero-order chi connectivity index (χ0) is 27.6. The molecule has 0 bridgehead atoms. The van der Waals surface area contributed by atoms with Gasteiger partial charge in [0.05, 0.1) is 11.6 Å². The summed E-state index contributed by atoms with van der Waals surface area (Å²) < 4.78 is 18.0. The number of ether oxygens (including phenoxy) is 3. The van der Waals surface area contributed by atoms with Crippen molar-refractivity contribution in [1.82, 2.24) is 0 Å². The van der Waals surface area contributed by atoms with Gasteiger partial charge in [-0.1, -0.05) is 60.2 Å². The van der Waals surface area contributed by atoms with Crippen molar-refractivity contribution in [3.8, 4) is 23.3 Å². The van der Waals surface area contributed by atoms with E-state index in [9.17, 15) is 10.1 Å². The Bertz CT molecular complexity index is 1510. The number of amides is 1. The Balaban J connectivity index is 1.42. The van der Waals surface area contributed by atoms with Gasteiger partial charge in [0.1, 0.15) is 30.6 Å². The van der Waals surface area contributed by atoms with Crippen LogP contribution < -0.4 is 19.5 Å². The van der Waals surface area contributed by atoms with Crippen LogP contribution in [0.5, 0.6) is 17.2 Å². The summed E-state index contributed by atoms with van der Waals surface area (Å²) in [7, 11) is 1.54. The molecule has 1 amide bonds. The van der Waals surface area contributed by atoms with E-state index >= 15 is 0 Å². The minimum atomic E-state index is -0.523. The molecule has 0 saturated heterocycles. The number of halogens is 1. The number of nitrogens with one attached hydrogen (secondary N) is 1. The van der Waals surface area contributed by atoms with Crippen LogP contribution in [0.4, 0.5) is 5.69 Å². The average molecular weight is 583 g/mol. The topological polar surface area (TPSA) is 80.6 Å². The molecule has 0 fully saturated rings. The van der Waals surface area contributed by atoms with Gasteiger partial charge in [-0.15, -0.1) is 0 Å². The predicted molar refractivity (Wildman–Crippen MR) is 156 cm³/mol. The molecule has 4 aromatic rings. The van der Waals surface area contributed by atoms with Crippen LogP contribution in [0.15, 0.2) is 101 Å². The lowest BCUT2D eigenvalue weighted by atomic mass is 10.1. The Labute approximate surface area is 236 Å². The van der Waals surface area contributed by atoms with Gasteiger partial charge in [0.15, 0.2) is 11.5 Å². The van der Waals surface area contributed by atoms with E-state index in [1.54, 1.807) is 43.5 Å². The normalized spacial score (nSPS) is 10.9. The number of nitrogens with zero attached hydrogens (tertiary/aromatic N) is 1. The van der Waals surface area contributed by atoms with Crippen molar-refractivity contribution in [3.05, 3.63) is 123 Å². The van der Waals surface area contributed by atoms with Crippen molar-refractivity contribution in [2.75, 3.05) is 12.4 Å². The third-order valence-corrected chi connectivity index (χ3v) is 6.34. The van der Waals surface area contributed by atoms with Crippen LogP contribution in [0.2, 0.25) is 0 Å². The molecule has 1 N–H and O–H groups in total. The number of nitriles is 1. The quantitative estimate of drug-likeness (QED) is 0.155. The molecule has 0 aromatic heterocycles. The van der Waals surface area contributed by atoms with E-state index in [1.807, 2.05) is 61.5 Å². The van der Waals surface area contributed by atoms with Crippen LogP contribution in [-0.2, 0) is 18.0 Å². The van der Waals surface area contributed by atoms with Crippen LogP contribution >= 0.6 is 15.9 Å². The summed E-state index contributed by atoms with van der Waals surface area (Å²) in [6, 6.07) is 30.4. The van der Waals surface area contributed by atoms with Gasteiger partial charge in [-0.25, -0.2) is 0 Å². The Kier molecular flexibility index (Phi) is 9.39. The molecule has 0 spiro atoms. The maximum atomic E-state index is 12.8.